The van der Waals surface area contributed by atoms with Crippen molar-refractivity contribution >= 4 is 23.2 Å². The molecule has 2 fully saturated rings. The van der Waals surface area contributed by atoms with Crippen LogP contribution in [0.1, 0.15) is 26.2 Å². The van der Waals surface area contributed by atoms with Gasteiger partial charge in [0.2, 0.25) is 0 Å². The van der Waals surface area contributed by atoms with Crippen LogP contribution in [0.25, 0.3) is 0 Å². The van der Waals surface area contributed by atoms with Gasteiger partial charge >= 0.3 is 0 Å². The molecule has 7 nitrogen and oxygen atoms in total. The van der Waals surface area contributed by atoms with Gasteiger partial charge in [-0.1, -0.05) is 11.6 Å². The van der Waals surface area contributed by atoms with Crippen molar-refractivity contribution in [1.29, 1.82) is 0 Å². The summed E-state index contributed by atoms with van der Waals surface area (Å²) in [7, 11) is 5.99. The lowest BCUT2D eigenvalue weighted by Gasteiger charge is -2.41. The van der Waals surface area contributed by atoms with Gasteiger partial charge in [-0.25, -0.2) is 0 Å². The summed E-state index contributed by atoms with van der Waals surface area (Å²) in [6.07, 6.45) is 3.05. The van der Waals surface area contributed by atoms with E-state index in [2.05, 4.69) is 41.5 Å². The second kappa shape index (κ2) is 10.6. The van der Waals surface area contributed by atoms with Gasteiger partial charge < -0.3 is 29.9 Å². The number of halogens is 1. The largest absolute Gasteiger partial charge is 0.495 e. The number of benzene rings is 1. The molecule has 30 heavy (non-hydrogen) atoms. The van der Waals surface area contributed by atoms with Crippen LogP contribution in [0.2, 0.25) is 5.02 Å². The molecule has 3 rings (SSSR count). The normalized spacial score (nSPS) is 21.7. The van der Waals surface area contributed by atoms with Crippen molar-refractivity contribution in [3.8, 4) is 5.75 Å². The van der Waals surface area contributed by atoms with Crippen molar-refractivity contribution in [3.05, 3.63) is 23.2 Å². The molecule has 2 aliphatic heterocycles. The Bertz CT molecular complexity index is 721. The van der Waals surface area contributed by atoms with Gasteiger partial charge in [-0.3, -0.25) is 4.99 Å². The van der Waals surface area contributed by atoms with E-state index in [9.17, 15) is 0 Å². The average molecular weight is 438 g/mol. The van der Waals surface area contributed by atoms with E-state index < -0.39 is 0 Å². The minimum atomic E-state index is 0.0659. The molecule has 2 aliphatic rings. The van der Waals surface area contributed by atoms with Gasteiger partial charge in [0.25, 0.3) is 0 Å². The van der Waals surface area contributed by atoms with Gasteiger partial charge in [0.05, 0.1) is 19.3 Å². The Balaban J connectivity index is 1.66. The van der Waals surface area contributed by atoms with Gasteiger partial charge in [-0.05, 0) is 58.5 Å². The average Bonchev–Trinajstić information content (AvgIpc) is 3.21. The molecule has 1 aromatic rings. The van der Waals surface area contributed by atoms with Gasteiger partial charge in [0, 0.05) is 49.5 Å². The highest BCUT2D eigenvalue weighted by Crippen LogP contribution is 2.33. The Morgan fingerprint density at radius 2 is 2.13 bits per heavy atom. The number of anilines is 1. The molecule has 0 amide bonds. The zero-order valence-corrected chi connectivity index (χ0v) is 19.5. The van der Waals surface area contributed by atoms with E-state index in [1.165, 1.54) is 0 Å². The van der Waals surface area contributed by atoms with Crippen LogP contribution in [0.3, 0.4) is 0 Å². The quantitative estimate of drug-likeness (QED) is 0.505. The topological polar surface area (TPSA) is 61.4 Å². The Hall–Kier alpha value is -1.70. The molecular formula is C22H36ClN5O2. The van der Waals surface area contributed by atoms with Crippen LogP contribution in [0.5, 0.6) is 5.75 Å². The smallest absolute Gasteiger partial charge is 0.191 e. The zero-order valence-electron chi connectivity index (χ0n) is 18.7. The lowest BCUT2D eigenvalue weighted by molar-refractivity contribution is -0.00255. The fourth-order valence-corrected chi connectivity index (χ4v) is 4.41. The molecule has 8 heteroatoms. The van der Waals surface area contributed by atoms with Crippen LogP contribution < -0.4 is 20.3 Å². The zero-order chi connectivity index (χ0) is 21.6. The molecule has 1 aromatic carbocycles. The summed E-state index contributed by atoms with van der Waals surface area (Å²) >= 11 is 6.23. The standard InChI is InChI=1S/C22H36ClN5O2/c1-5-24-21(25-16-22(27(2)3)9-12-30-13-10-22)26-18-8-11-28(15-18)19-14-17(23)6-7-20(19)29-4/h6-7,14,18H,5,8-13,15-16H2,1-4H3,(H2,24,25,26). The highest BCUT2D eigenvalue weighted by Gasteiger charge is 2.35. The van der Waals surface area contributed by atoms with E-state index in [1.807, 2.05) is 18.2 Å². The van der Waals surface area contributed by atoms with E-state index in [1.54, 1.807) is 7.11 Å². The van der Waals surface area contributed by atoms with E-state index >= 15 is 0 Å². The summed E-state index contributed by atoms with van der Waals surface area (Å²) in [5.74, 6) is 1.74. The molecule has 0 radical (unpaired) electrons. The third-order valence-corrected chi connectivity index (χ3v) is 6.49. The molecule has 0 bridgehead atoms. The first kappa shape index (κ1) is 23.0. The summed E-state index contributed by atoms with van der Waals surface area (Å²) in [4.78, 5) is 9.61. The van der Waals surface area contributed by atoms with Crippen LogP contribution in [0.15, 0.2) is 23.2 Å². The Morgan fingerprint density at radius 3 is 2.80 bits per heavy atom. The number of likely N-dealkylation sites (N-methyl/N-ethyl adjacent to an activating group) is 1. The third-order valence-electron chi connectivity index (χ3n) is 6.26. The fraction of sp³-hybridized carbons (Fsp3) is 0.682. The van der Waals surface area contributed by atoms with Gasteiger partial charge in [-0.15, -0.1) is 0 Å². The molecule has 0 spiro atoms. The molecule has 1 atom stereocenters. The van der Waals surface area contributed by atoms with Crippen molar-refractivity contribution in [2.24, 2.45) is 4.99 Å². The molecular weight excluding hydrogens is 402 g/mol. The van der Waals surface area contributed by atoms with Gasteiger partial charge in [0.1, 0.15) is 5.75 Å². The third kappa shape index (κ3) is 5.50. The Morgan fingerprint density at radius 1 is 1.37 bits per heavy atom. The first-order chi connectivity index (χ1) is 14.5. The molecule has 0 saturated carbocycles. The highest BCUT2D eigenvalue weighted by molar-refractivity contribution is 6.30. The lowest BCUT2D eigenvalue weighted by atomic mass is 9.89. The van der Waals surface area contributed by atoms with Crippen LogP contribution in [0.4, 0.5) is 5.69 Å². The number of hydrogen-bond acceptors (Lipinski definition) is 5. The van der Waals surface area contributed by atoms with Gasteiger partial charge in [0.15, 0.2) is 5.96 Å². The first-order valence-corrected chi connectivity index (χ1v) is 11.2. The number of nitrogens with one attached hydrogen (secondary N) is 2. The molecule has 1 unspecified atom stereocenters. The molecule has 0 aromatic heterocycles. The number of guanidine groups is 1. The van der Waals surface area contributed by atoms with Crippen molar-refractivity contribution in [2.45, 2.75) is 37.8 Å². The van der Waals surface area contributed by atoms with Crippen molar-refractivity contribution in [1.82, 2.24) is 15.5 Å². The van der Waals surface area contributed by atoms with Gasteiger partial charge in [-0.2, -0.15) is 0 Å². The van der Waals surface area contributed by atoms with Crippen LogP contribution >= 0.6 is 11.6 Å². The first-order valence-electron chi connectivity index (χ1n) is 10.9. The van der Waals surface area contributed by atoms with Crippen molar-refractivity contribution in [3.63, 3.8) is 0 Å². The van der Waals surface area contributed by atoms with Crippen molar-refractivity contribution in [2.75, 3.05) is 65.5 Å². The SMILES string of the molecule is CCNC(=NCC1(N(C)C)CCOCC1)NC1CCN(c2cc(Cl)ccc2OC)C1. The van der Waals surface area contributed by atoms with E-state index in [4.69, 9.17) is 26.1 Å². The number of aliphatic imine (C=N–C) groups is 1. The minimum Gasteiger partial charge on any atom is -0.495 e. The number of ether oxygens (including phenoxy) is 2. The number of methoxy groups -OCH3 is 1. The molecule has 2 saturated heterocycles. The van der Waals surface area contributed by atoms with E-state index in [-0.39, 0.29) is 5.54 Å². The summed E-state index contributed by atoms with van der Waals surface area (Å²) in [5, 5.41) is 7.78. The summed E-state index contributed by atoms with van der Waals surface area (Å²) in [6, 6.07) is 6.09. The summed E-state index contributed by atoms with van der Waals surface area (Å²) < 4.78 is 11.1. The highest BCUT2D eigenvalue weighted by atomic mass is 35.5. The summed E-state index contributed by atoms with van der Waals surface area (Å²) in [5.41, 5.74) is 1.11. The maximum atomic E-state index is 6.23. The predicted octanol–water partition coefficient (Wildman–Crippen LogP) is 2.59. The molecule has 2 heterocycles. The fourth-order valence-electron chi connectivity index (χ4n) is 4.24. The maximum absolute atomic E-state index is 6.23. The Labute approximate surface area is 185 Å². The molecule has 168 valence electrons. The Kier molecular flexibility index (Phi) is 8.08. The van der Waals surface area contributed by atoms with Crippen LogP contribution in [-0.4, -0.2) is 83.0 Å². The van der Waals surface area contributed by atoms with Crippen LogP contribution in [-0.2, 0) is 4.74 Å². The minimum absolute atomic E-state index is 0.0659. The predicted molar refractivity (Wildman–Crippen MR) is 124 cm³/mol. The second-order valence-electron chi connectivity index (χ2n) is 8.32. The van der Waals surface area contributed by atoms with E-state index in [0.717, 1.165) is 81.1 Å². The lowest BCUT2D eigenvalue weighted by Crippen LogP contribution is -2.52. The number of nitrogens with zero attached hydrogens (tertiary/aromatic N) is 3. The maximum Gasteiger partial charge on any atom is 0.191 e. The second-order valence-corrected chi connectivity index (χ2v) is 8.75. The van der Waals surface area contributed by atoms with Crippen LogP contribution in [0, 0.1) is 0 Å². The number of rotatable bonds is 7. The molecule has 0 aliphatic carbocycles. The number of hydrogen-bond donors (Lipinski definition) is 2. The van der Waals surface area contributed by atoms with Crippen molar-refractivity contribution < 1.29 is 9.47 Å². The molecule has 2 N–H and O–H groups in total. The monoisotopic (exact) mass is 437 g/mol. The summed E-state index contributed by atoms with van der Waals surface area (Å²) in [6.45, 7) is 7.14. The van der Waals surface area contributed by atoms with E-state index in [0.29, 0.717) is 6.04 Å².